The molecule has 1 aromatic rings. The number of rotatable bonds is 6. The van der Waals surface area contributed by atoms with Crippen LogP contribution in [0.3, 0.4) is 0 Å². The Balaban J connectivity index is 2.88. The quantitative estimate of drug-likeness (QED) is 0.793. The van der Waals surface area contributed by atoms with Gasteiger partial charge in [-0.15, -0.1) is 11.3 Å². The minimum Gasteiger partial charge on any atom is -0.351 e. The van der Waals surface area contributed by atoms with Crippen LogP contribution in [0, 0.1) is 0 Å². The lowest BCUT2D eigenvalue weighted by Gasteiger charge is -2.21. The van der Waals surface area contributed by atoms with Gasteiger partial charge >= 0.3 is 0 Å². The Labute approximate surface area is 117 Å². The standard InChI is InChI=1S/C11H19N3O3S2/c1-8(6-12)14(3)19(16,17)11-5-4-10(18-11)7-13-9(2)15/h4-5,8H,6-7,12H2,1-3H3,(H,13,15). The van der Waals surface area contributed by atoms with Crippen LogP contribution in [0.2, 0.25) is 0 Å². The normalized spacial score (nSPS) is 13.5. The van der Waals surface area contributed by atoms with Gasteiger partial charge in [0, 0.05) is 31.4 Å². The maximum Gasteiger partial charge on any atom is 0.252 e. The van der Waals surface area contributed by atoms with E-state index in [1.165, 1.54) is 18.3 Å². The summed E-state index contributed by atoms with van der Waals surface area (Å²) in [5.41, 5.74) is 5.48. The van der Waals surface area contributed by atoms with Gasteiger partial charge in [-0.25, -0.2) is 8.42 Å². The largest absolute Gasteiger partial charge is 0.351 e. The zero-order valence-corrected chi connectivity index (χ0v) is 12.8. The second kappa shape index (κ2) is 6.47. The molecule has 0 aliphatic rings. The Morgan fingerprint density at radius 2 is 2.16 bits per heavy atom. The predicted octanol–water partition coefficient (Wildman–Crippen LogP) is 0.352. The second-order valence-electron chi connectivity index (χ2n) is 4.24. The van der Waals surface area contributed by atoms with Gasteiger partial charge in [0.1, 0.15) is 4.21 Å². The summed E-state index contributed by atoms with van der Waals surface area (Å²) in [5, 5.41) is 2.63. The molecule has 0 saturated carbocycles. The Kier molecular flexibility index (Phi) is 5.48. The number of nitrogens with two attached hydrogens (primary N) is 1. The van der Waals surface area contributed by atoms with Gasteiger partial charge in [0.25, 0.3) is 10.0 Å². The van der Waals surface area contributed by atoms with Crippen LogP contribution >= 0.6 is 11.3 Å². The molecule has 1 atom stereocenters. The average Bonchev–Trinajstić information content (AvgIpc) is 2.83. The molecule has 0 bridgehead atoms. The van der Waals surface area contributed by atoms with Gasteiger partial charge < -0.3 is 11.1 Å². The van der Waals surface area contributed by atoms with E-state index in [0.29, 0.717) is 6.54 Å². The van der Waals surface area contributed by atoms with E-state index >= 15 is 0 Å². The first-order valence-corrected chi connectivity index (χ1v) is 8.06. The fourth-order valence-corrected chi connectivity index (χ4v) is 4.18. The Bertz CT molecular complexity index is 539. The summed E-state index contributed by atoms with van der Waals surface area (Å²) in [6, 6.07) is 3.00. The van der Waals surface area contributed by atoms with Crippen LogP contribution in [0.1, 0.15) is 18.7 Å². The molecule has 0 radical (unpaired) electrons. The van der Waals surface area contributed by atoms with E-state index in [-0.39, 0.29) is 22.7 Å². The topological polar surface area (TPSA) is 92.5 Å². The number of hydrogen-bond acceptors (Lipinski definition) is 5. The molecule has 0 aromatic carbocycles. The number of amides is 1. The summed E-state index contributed by atoms with van der Waals surface area (Å²) in [4.78, 5) is 11.6. The molecular weight excluding hydrogens is 286 g/mol. The maximum absolute atomic E-state index is 12.3. The molecule has 8 heteroatoms. The molecular formula is C11H19N3O3S2. The number of nitrogens with zero attached hydrogens (tertiary/aromatic N) is 1. The van der Waals surface area contributed by atoms with Gasteiger partial charge in [0.2, 0.25) is 5.91 Å². The fraction of sp³-hybridized carbons (Fsp3) is 0.545. The third-order valence-electron chi connectivity index (χ3n) is 2.74. The van der Waals surface area contributed by atoms with E-state index in [1.54, 1.807) is 19.1 Å². The van der Waals surface area contributed by atoms with Gasteiger partial charge in [-0.05, 0) is 19.1 Å². The molecule has 0 saturated heterocycles. The van der Waals surface area contributed by atoms with E-state index in [1.807, 2.05) is 0 Å². The summed E-state index contributed by atoms with van der Waals surface area (Å²) in [6.45, 7) is 3.77. The number of sulfonamides is 1. The highest BCUT2D eigenvalue weighted by molar-refractivity contribution is 7.91. The molecule has 0 fully saturated rings. The summed E-state index contributed by atoms with van der Waals surface area (Å²) >= 11 is 1.15. The van der Waals surface area contributed by atoms with Crippen molar-refractivity contribution in [3.8, 4) is 0 Å². The lowest BCUT2D eigenvalue weighted by molar-refractivity contribution is -0.119. The molecule has 3 N–H and O–H groups in total. The third-order valence-corrected chi connectivity index (χ3v) is 6.27. The zero-order valence-electron chi connectivity index (χ0n) is 11.2. The summed E-state index contributed by atoms with van der Waals surface area (Å²) in [5.74, 6) is -0.147. The van der Waals surface area contributed by atoms with Gasteiger partial charge in [-0.1, -0.05) is 0 Å². The Morgan fingerprint density at radius 1 is 1.53 bits per heavy atom. The van der Waals surface area contributed by atoms with E-state index in [2.05, 4.69) is 5.32 Å². The van der Waals surface area contributed by atoms with Crippen molar-refractivity contribution < 1.29 is 13.2 Å². The van der Waals surface area contributed by atoms with E-state index < -0.39 is 10.0 Å². The molecule has 0 spiro atoms. The lowest BCUT2D eigenvalue weighted by atomic mass is 10.4. The van der Waals surface area contributed by atoms with Crippen LogP contribution in [0.25, 0.3) is 0 Å². The van der Waals surface area contributed by atoms with Gasteiger partial charge in [0.15, 0.2) is 0 Å². The third kappa shape index (κ3) is 4.00. The minimum atomic E-state index is -3.51. The smallest absolute Gasteiger partial charge is 0.252 e. The van der Waals surface area contributed by atoms with E-state index in [0.717, 1.165) is 16.2 Å². The molecule has 1 unspecified atom stereocenters. The number of hydrogen-bond donors (Lipinski definition) is 2. The van der Waals surface area contributed by atoms with Crippen molar-refractivity contribution in [1.29, 1.82) is 0 Å². The first-order valence-electron chi connectivity index (χ1n) is 5.80. The number of likely N-dealkylation sites (N-methyl/N-ethyl adjacent to an activating group) is 1. The minimum absolute atomic E-state index is 0.147. The van der Waals surface area contributed by atoms with Crippen LogP contribution in [-0.4, -0.2) is 38.3 Å². The number of carbonyl (C=O) groups is 1. The van der Waals surface area contributed by atoms with Crippen molar-refractivity contribution in [2.24, 2.45) is 5.73 Å². The van der Waals surface area contributed by atoms with Crippen molar-refractivity contribution in [3.63, 3.8) is 0 Å². The van der Waals surface area contributed by atoms with Crippen molar-refractivity contribution >= 4 is 27.3 Å². The molecule has 1 heterocycles. The Hall–Kier alpha value is -0.960. The van der Waals surface area contributed by atoms with Gasteiger partial charge in [-0.3, -0.25) is 4.79 Å². The van der Waals surface area contributed by atoms with E-state index in [9.17, 15) is 13.2 Å². The summed E-state index contributed by atoms with van der Waals surface area (Å²) in [7, 11) is -1.99. The monoisotopic (exact) mass is 305 g/mol. The molecule has 1 aromatic heterocycles. The zero-order chi connectivity index (χ0) is 14.6. The van der Waals surface area contributed by atoms with E-state index in [4.69, 9.17) is 5.73 Å². The highest BCUT2D eigenvalue weighted by Crippen LogP contribution is 2.25. The number of thiophene rings is 1. The average molecular weight is 305 g/mol. The SMILES string of the molecule is CC(=O)NCc1ccc(S(=O)(=O)N(C)C(C)CN)s1. The first-order chi connectivity index (χ1) is 8.78. The predicted molar refractivity (Wildman–Crippen MR) is 75.3 cm³/mol. The molecule has 108 valence electrons. The van der Waals surface area contributed by atoms with Crippen LogP contribution in [0.5, 0.6) is 0 Å². The highest BCUT2D eigenvalue weighted by atomic mass is 32.2. The maximum atomic E-state index is 12.3. The first kappa shape index (κ1) is 16.1. The Morgan fingerprint density at radius 3 is 2.68 bits per heavy atom. The van der Waals surface area contributed by atoms with Gasteiger partial charge in [0.05, 0.1) is 6.54 Å². The fourth-order valence-electron chi connectivity index (χ4n) is 1.33. The van der Waals surface area contributed by atoms with Crippen molar-refractivity contribution in [1.82, 2.24) is 9.62 Å². The molecule has 0 aliphatic carbocycles. The number of carbonyl (C=O) groups excluding carboxylic acids is 1. The van der Waals surface area contributed by atoms with Crippen LogP contribution in [-0.2, 0) is 21.4 Å². The lowest BCUT2D eigenvalue weighted by Crippen LogP contribution is -2.39. The van der Waals surface area contributed by atoms with Crippen molar-refractivity contribution in [3.05, 3.63) is 17.0 Å². The second-order valence-corrected chi connectivity index (χ2v) is 7.63. The molecule has 1 amide bonds. The molecule has 19 heavy (non-hydrogen) atoms. The molecule has 6 nitrogen and oxygen atoms in total. The van der Waals surface area contributed by atoms with Crippen LogP contribution < -0.4 is 11.1 Å². The van der Waals surface area contributed by atoms with Crippen molar-refractivity contribution in [2.45, 2.75) is 30.6 Å². The van der Waals surface area contributed by atoms with Crippen molar-refractivity contribution in [2.75, 3.05) is 13.6 Å². The summed E-state index contributed by atoms with van der Waals surface area (Å²) in [6.07, 6.45) is 0. The number of nitrogens with one attached hydrogen (secondary N) is 1. The summed E-state index contributed by atoms with van der Waals surface area (Å²) < 4.78 is 26.1. The molecule has 1 rings (SSSR count). The van der Waals surface area contributed by atoms with Crippen LogP contribution in [0.4, 0.5) is 0 Å². The highest BCUT2D eigenvalue weighted by Gasteiger charge is 2.26. The van der Waals surface area contributed by atoms with Gasteiger partial charge in [-0.2, -0.15) is 4.31 Å². The molecule has 0 aliphatic heterocycles. The van der Waals surface area contributed by atoms with Crippen LogP contribution in [0.15, 0.2) is 16.3 Å².